The number of piperidine rings is 1. The van der Waals surface area contributed by atoms with Crippen molar-refractivity contribution in [2.24, 2.45) is 11.8 Å². The molecule has 0 saturated carbocycles. The van der Waals surface area contributed by atoms with Crippen LogP contribution in [0.15, 0.2) is 77.8 Å². The van der Waals surface area contributed by atoms with Crippen LogP contribution >= 0.6 is 23.4 Å². The molecule has 0 spiro atoms. The molecule has 0 bridgehead atoms. The van der Waals surface area contributed by atoms with E-state index in [9.17, 15) is 14.0 Å². The van der Waals surface area contributed by atoms with E-state index in [0.29, 0.717) is 40.7 Å². The second-order valence-electron chi connectivity index (χ2n) is 11.5. The summed E-state index contributed by atoms with van der Waals surface area (Å²) in [4.78, 5) is 31.2. The molecule has 43 heavy (non-hydrogen) atoms. The van der Waals surface area contributed by atoms with Gasteiger partial charge in [-0.3, -0.25) is 9.59 Å². The normalized spacial score (nSPS) is 19.1. The van der Waals surface area contributed by atoms with Gasteiger partial charge in [0.25, 0.3) is 5.91 Å². The number of nitrogens with one attached hydrogen (secondary N) is 2. The molecule has 6 nitrogen and oxygen atoms in total. The molecular formula is C34H36ClFN4O2S. The monoisotopic (exact) mass is 618 g/mol. The summed E-state index contributed by atoms with van der Waals surface area (Å²) in [6.07, 6.45) is 4.15. The van der Waals surface area contributed by atoms with Crippen molar-refractivity contribution in [3.05, 3.63) is 105 Å². The van der Waals surface area contributed by atoms with Crippen LogP contribution in [-0.2, 0) is 17.8 Å². The summed E-state index contributed by atoms with van der Waals surface area (Å²) < 4.78 is 14.1. The predicted octanol–water partition coefficient (Wildman–Crippen LogP) is 6.72. The van der Waals surface area contributed by atoms with E-state index in [4.69, 9.17) is 11.6 Å². The molecule has 0 radical (unpaired) electrons. The Hall–Kier alpha value is -3.33. The molecule has 6 rings (SSSR count). The van der Waals surface area contributed by atoms with E-state index in [1.807, 2.05) is 11.5 Å². The van der Waals surface area contributed by atoms with Crippen molar-refractivity contribution in [1.82, 2.24) is 10.2 Å². The molecule has 1 atom stereocenters. The van der Waals surface area contributed by atoms with Crippen molar-refractivity contribution in [2.45, 2.75) is 32.2 Å². The lowest BCUT2D eigenvalue weighted by atomic mass is 9.90. The molecule has 3 aromatic carbocycles. The number of amides is 2. The van der Waals surface area contributed by atoms with Crippen molar-refractivity contribution < 1.29 is 14.0 Å². The van der Waals surface area contributed by atoms with E-state index in [-0.39, 0.29) is 24.3 Å². The molecule has 9 heteroatoms. The third-order valence-electron chi connectivity index (χ3n) is 8.63. The molecule has 2 amide bonds. The van der Waals surface area contributed by atoms with Gasteiger partial charge in [0, 0.05) is 29.4 Å². The lowest BCUT2D eigenvalue weighted by Crippen LogP contribution is -2.40. The standard InChI is InChI=1S/C34H36ClFN4O2S/c35-29-8-7-27(36)19-26(29)21-40-32-20-25(6-9-30(32)38-31-22-43-17-12-28(31)34(40)42)33(41)37-13-16-39-14-10-24(11-15-39)18-23-4-2-1-3-5-23/h1-9,19-20,22,24,28,38H,10-18,21H2,(H,37,41). The average molecular weight is 619 g/mol. The number of carbonyl (C=O) groups excluding carboxylic acids is 2. The molecule has 224 valence electrons. The number of hydrogen-bond donors (Lipinski definition) is 2. The van der Waals surface area contributed by atoms with Crippen LogP contribution in [0, 0.1) is 17.7 Å². The fourth-order valence-electron chi connectivity index (χ4n) is 6.20. The van der Waals surface area contributed by atoms with Crippen molar-refractivity contribution >= 4 is 46.6 Å². The molecule has 3 aliphatic heterocycles. The third kappa shape index (κ3) is 7.08. The Labute approximate surface area is 261 Å². The van der Waals surface area contributed by atoms with Crippen molar-refractivity contribution in [3.63, 3.8) is 0 Å². The Bertz CT molecular complexity index is 1510. The van der Waals surface area contributed by atoms with E-state index in [2.05, 4.69) is 45.9 Å². The third-order valence-corrected chi connectivity index (χ3v) is 9.89. The summed E-state index contributed by atoms with van der Waals surface area (Å²) in [5.74, 6) is 0.511. The van der Waals surface area contributed by atoms with Crippen LogP contribution in [-0.4, -0.2) is 48.6 Å². The van der Waals surface area contributed by atoms with Gasteiger partial charge in [0.1, 0.15) is 5.82 Å². The van der Waals surface area contributed by atoms with Crippen molar-refractivity contribution in [3.8, 4) is 0 Å². The van der Waals surface area contributed by atoms with E-state index in [1.165, 1.54) is 23.8 Å². The summed E-state index contributed by atoms with van der Waals surface area (Å²) in [6.45, 7) is 3.52. The second-order valence-corrected chi connectivity index (χ2v) is 12.9. The van der Waals surface area contributed by atoms with Gasteiger partial charge in [0.05, 0.1) is 23.8 Å². The Morgan fingerprint density at radius 2 is 1.86 bits per heavy atom. The highest BCUT2D eigenvalue weighted by atomic mass is 35.5. The first-order chi connectivity index (χ1) is 20.9. The van der Waals surface area contributed by atoms with Gasteiger partial charge in [-0.05, 0) is 103 Å². The molecule has 2 N–H and O–H groups in total. The minimum atomic E-state index is -0.414. The maximum Gasteiger partial charge on any atom is 0.251 e. The van der Waals surface area contributed by atoms with Crippen LogP contribution in [0.4, 0.5) is 15.8 Å². The highest BCUT2D eigenvalue weighted by molar-refractivity contribution is 8.02. The van der Waals surface area contributed by atoms with Crippen LogP contribution in [0.5, 0.6) is 0 Å². The second kappa shape index (κ2) is 13.5. The average Bonchev–Trinajstić information content (AvgIpc) is 3.14. The highest BCUT2D eigenvalue weighted by Gasteiger charge is 2.35. The highest BCUT2D eigenvalue weighted by Crippen LogP contribution is 2.40. The number of likely N-dealkylation sites (tertiary alicyclic amines) is 1. The van der Waals surface area contributed by atoms with Crippen LogP contribution < -0.4 is 15.5 Å². The van der Waals surface area contributed by atoms with Gasteiger partial charge in [0.2, 0.25) is 5.91 Å². The molecule has 0 aliphatic carbocycles. The molecule has 1 unspecified atom stereocenters. The first-order valence-corrected chi connectivity index (χ1v) is 16.4. The minimum absolute atomic E-state index is 0.0913. The van der Waals surface area contributed by atoms with Gasteiger partial charge in [-0.2, -0.15) is 0 Å². The maximum atomic E-state index is 14.1. The van der Waals surface area contributed by atoms with Crippen molar-refractivity contribution in [2.75, 3.05) is 42.1 Å². The number of nitrogens with zero attached hydrogens (tertiary/aromatic N) is 2. The summed E-state index contributed by atoms with van der Waals surface area (Å²) in [5.41, 5.74) is 4.54. The number of thioether (sulfide) groups is 1. The molecule has 3 aromatic rings. The molecule has 3 heterocycles. The van der Waals surface area contributed by atoms with Crippen LogP contribution in [0.1, 0.15) is 40.7 Å². The zero-order valence-corrected chi connectivity index (χ0v) is 25.6. The molecule has 1 saturated heterocycles. The Balaban J connectivity index is 1.12. The molecule has 0 aromatic heterocycles. The van der Waals surface area contributed by atoms with Crippen LogP contribution in [0.3, 0.4) is 0 Å². The summed E-state index contributed by atoms with van der Waals surface area (Å²) in [6, 6.07) is 20.2. The van der Waals surface area contributed by atoms with E-state index in [0.717, 1.165) is 56.0 Å². The number of fused-ring (bicyclic) bond motifs is 2. The fraction of sp³-hybridized carbons (Fsp3) is 0.353. The van der Waals surface area contributed by atoms with Gasteiger partial charge in [0.15, 0.2) is 0 Å². The largest absolute Gasteiger partial charge is 0.356 e. The fourth-order valence-corrected chi connectivity index (χ4v) is 7.27. The summed E-state index contributed by atoms with van der Waals surface area (Å²) in [5, 5.41) is 8.90. The van der Waals surface area contributed by atoms with Gasteiger partial charge < -0.3 is 20.4 Å². The number of hydrogen-bond acceptors (Lipinski definition) is 5. The van der Waals surface area contributed by atoms with E-state index >= 15 is 0 Å². The minimum Gasteiger partial charge on any atom is -0.356 e. The molecule has 3 aliphatic rings. The first kappa shape index (κ1) is 29.7. The lowest BCUT2D eigenvalue weighted by molar-refractivity contribution is -0.121. The van der Waals surface area contributed by atoms with Gasteiger partial charge in [-0.1, -0.05) is 41.9 Å². The van der Waals surface area contributed by atoms with E-state index in [1.54, 1.807) is 28.8 Å². The SMILES string of the molecule is O=C(NCCN1CCC(Cc2ccccc2)CC1)c1ccc2c(c1)N(Cc1cc(F)ccc1Cl)C(=O)C1CCSC=C1N2. The Morgan fingerprint density at radius 3 is 2.67 bits per heavy atom. The summed E-state index contributed by atoms with van der Waals surface area (Å²) >= 11 is 8.08. The molecule has 1 fully saturated rings. The first-order valence-electron chi connectivity index (χ1n) is 15.0. The number of carbonyl (C=O) groups is 2. The number of benzene rings is 3. The topological polar surface area (TPSA) is 64.7 Å². The van der Waals surface area contributed by atoms with Crippen LogP contribution in [0.2, 0.25) is 5.02 Å². The summed E-state index contributed by atoms with van der Waals surface area (Å²) in [7, 11) is 0. The van der Waals surface area contributed by atoms with Crippen molar-refractivity contribution in [1.29, 1.82) is 0 Å². The van der Waals surface area contributed by atoms with Gasteiger partial charge in [-0.25, -0.2) is 4.39 Å². The number of anilines is 2. The van der Waals surface area contributed by atoms with Gasteiger partial charge >= 0.3 is 0 Å². The maximum absolute atomic E-state index is 14.1. The predicted molar refractivity (Wildman–Crippen MR) is 173 cm³/mol. The zero-order valence-electron chi connectivity index (χ0n) is 24.0. The Morgan fingerprint density at radius 1 is 1.05 bits per heavy atom. The number of halogens is 2. The zero-order chi connectivity index (χ0) is 29.8. The quantitative estimate of drug-likeness (QED) is 0.294. The Kier molecular flexibility index (Phi) is 9.36. The smallest absolute Gasteiger partial charge is 0.251 e. The van der Waals surface area contributed by atoms with E-state index < -0.39 is 5.82 Å². The molecular weight excluding hydrogens is 583 g/mol. The number of rotatable bonds is 8. The van der Waals surface area contributed by atoms with Crippen LogP contribution in [0.25, 0.3) is 0 Å². The van der Waals surface area contributed by atoms with Gasteiger partial charge in [-0.15, -0.1) is 11.8 Å². The lowest BCUT2D eigenvalue weighted by Gasteiger charge is -2.32.